The van der Waals surface area contributed by atoms with Crippen LogP contribution in [0, 0.1) is 13.8 Å². The topological polar surface area (TPSA) is 84.3 Å². The molecule has 0 spiro atoms. The van der Waals surface area contributed by atoms with Crippen molar-refractivity contribution in [3.8, 4) is 0 Å². The van der Waals surface area contributed by atoms with Gasteiger partial charge in [0.1, 0.15) is 4.90 Å². The number of carbonyl (C=O) groups excluding carboxylic acids is 1. The van der Waals surface area contributed by atoms with Crippen molar-refractivity contribution in [1.82, 2.24) is 19.4 Å². The minimum absolute atomic E-state index is 0.0190. The molecule has 0 unspecified atom stereocenters. The summed E-state index contributed by atoms with van der Waals surface area (Å²) in [6.45, 7) is 5.22. The van der Waals surface area contributed by atoms with Gasteiger partial charge in [-0.1, -0.05) is 44.2 Å². The van der Waals surface area contributed by atoms with Crippen molar-refractivity contribution < 1.29 is 13.2 Å². The lowest BCUT2D eigenvalue weighted by atomic mass is 10.1. The van der Waals surface area contributed by atoms with Crippen LogP contribution in [-0.4, -0.2) is 47.5 Å². The van der Waals surface area contributed by atoms with Gasteiger partial charge in [-0.05, 0) is 57.2 Å². The molecule has 8 heteroatoms. The third-order valence-electron chi connectivity index (χ3n) is 6.97. The summed E-state index contributed by atoms with van der Waals surface area (Å²) in [7, 11) is -3.53. The van der Waals surface area contributed by atoms with E-state index >= 15 is 0 Å². The maximum Gasteiger partial charge on any atom is 0.251 e. The molecule has 0 bridgehead atoms. The zero-order valence-electron chi connectivity index (χ0n) is 19.8. The second-order valence-electron chi connectivity index (χ2n) is 9.48. The maximum atomic E-state index is 13.2. The van der Waals surface area contributed by atoms with E-state index in [4.69, 9.17) is 0 Å². The van der Waals surface area contributed by atoms with Gasteiger partial charge in [-0.25, -0.2) is 8.42 Å². The van der Waals surface area contributed by atoms with E-state index in [1.807, 2.05) is 31.2 Å². The summed E-state index contributed by atoms with van der Waals surface area (Å²) in [5.74, 6) is -0.0190. The molecule has 0 radical (unpaired) electrons. The number of nitrogens with zero attached hydrogens (tertiary/aromatic N) is 3. The zero-order chi connectivity index (χ0) is 23.4. The smallest absolute Gasteiger partial charge is 0.251 e. The minimum Gasteiger partial charge on any atom is -0.349 e. The monoisotopic (exact) mass is 472 g/mol. The highest BCUT2D eigenvalue weighted by atomic mass is 32.2. The lowest BCUT2D eigenvalue weighted by molar-refractivity contribution is 0.0933. The molecule has 1 saturated heterocycles. The summed E-state index contributed by atoms with van der Waals surface area (Å²) in [5.41, 5.74) is 2.84. The van der Waals surface area contributed by atoms with Crippen LogP contribution in [0.4, 0.5) is 0 Å². The molecule has 33 heavy (non-hydrogen) atoms. The average Bonchev–Trinajstić information content (AvgIpc) is 2.96. The average molecular weight is 473 g/mol. The van der Waals surface area contributed by atoms with Crippen LogP contribution >= 0.6 is 0 Å². The fraction of sp³-hybridized carbons (Fsp3) is 0.600. The van der Waals surface area contributed by atoms with Gasteiger partial charge in [-0.3, -0.25) is 9.48 Å². The summed E-state index contributed by atoms with van der Waals surface area (Å²) >= 11 is 0. The molecule has 1 saturated carbocycles. The molecule has 7 nitrogen and oxygen atoms in total. The Balaban J connectivity index is 1.45. The Hall–Kier alpha value is -2.19. The molecule has 1 aliphatic heterocycles. The highest BCUT2D eigenvalue weighted by molar-refractivity contribution is 7.89. The molecule has 1 N–H and O–H groups in total. The van der Waals surface area contributed by atoms with E-state index in [0.717, 1.165) is 37.7 Å². The number of hydrogen-bond acceptors (Lipinski definition) is 4. The van der Waals surface area contributed by atoms with Crippen LogP contribution in [0.5, 0.6) is 0 Å². The Morgan fingerprint density at radius 3 is 2.21 bits per heavy atom. The van der Waals surface area contributed by atoms with Crippen molar-refractivity contribution in [3.63, 3.8) is 0 Å². The molecule has 0 atom stereocenters. The summed E-state index contributed by atoms with van der Waals surface area (Å²) in [6, 6.07) is 7.82. The largest absolute Gasteiger partial charge is 0.349 e. The van der Waals surface area contributed by atoms with Gasteiger partial charge in [-0.15, -0.1) is 0 Å². The highest BCUT2D eigenvalue weighted by Crippen LogP contribution is 2.26. The first-order chi connectivity index (χ1) is 15.9. The van der Waals surface area contributed by atoms with Crippen LogP contribution < -0.4 is 5.32 Å². The molecular formula is C25H36N4O3S. The van der Waals surface area contributed by atoms with Gasteiger partial charge in [-0.2, -0.15) is 9.40 Å². The Bertz CT molecular complexity index is 1060. The number of amides is 1. The van der Waals surface area contributed by atoms with E-state index < -0.39 is 10.0 Å². The van der Waals surface area contributed by atoms with Crippen LogP contribution in [0.25, 0.3) is 0 Å². The van der Waals surface area contributed by atoms with Crippen molar-refractivity contribution in [2.45, 2.75) is 89.1 Å². The third-order valence-corrected chi connectivity index (χ3v) is 9.12. The minimum atomic E-state index is -3.53. The predicted molar refractivity (Wildman–Crippen MR) is 129 cm³/mol. The number of aryl methyl sites for hydroxylation is 1. The van der Waals surface area contributed by atoms with E-state index in [9.17, 15) is 13.2 Å². The number of rotatable bonds is 6. The number of sulfonamides is 1. The number of aromatic nitrogens is 2. The highest BCUT2D eigenvalue weighted by Gasteiger charge is 2.31. The van der Waals surface area contributed by atoms with E-state index in [1.54, 1.807) is 15.9 Å². The standard InChI is InChI=1S/C25H36N4O3S/c1-19-24(33(31,32)28-16-8-5-9-17-28)20(2)29(27-19)18-21-12-14-22(15-13-21)25(30)26-23-10-6-3-4-7-11-23/h12-15,23H,3-11,16-18H2,1-2H3,(H,26,30). The summed E-state index contributed by atoms with van der Waals surface area (Å²) < 4.78 is 29.8. The first-order valence-corrected chi connectivity index (χ1v) is 13.7. The molecular weight excluding hydrogens is 436 g/mol. The molecule has 1 aromatic carbocycles. The zero-order valence-corrected chi connectivity index (χ0v) is 20.7. The van der Waals surface area contributed by atoms with Gasteiger partial charge in [0.2, 0.25) is 10.0 Å². The molecule has 2 heterocycles. The first-order valence-electron chi connectivity index (χ1n) is 12.3. The fourth-order valence-electron chi connectivity index (χ4n) is 5.07. The van der Waals surface area contributed by atoms with Gasteiger partial charge in [0.05, 0.1) is 17.9 Å². The van der Waals surface area contributed by atoms with Gasteiger partial charge in [0, 0.05) is 24.7 Å². The van der Waals surface area contributed by atoms with E-state index in [-0.39, 0.29) is 11.9 Å². The molecule has 2 aliphatic rings. The van der Waals surface area contributed by atoms with E-state index in [0.29, 0.717) is 41.5 Å². The van der Waals surface area contributed by atoms with Crippen LogP contribution in [0.2, 0.25) is 0 Å². The Labute approximate surface area is 197 Å². The third kappa shape index (κ3) is 5.49. The number of piperidine rings is 1. The normalized spacial score (nSPS) is 18.7. The van der Waals surface area contributed by atoms with E-state index in [1.165, 1.54) is 25.7 Å². The van der Waals surface area contributed by atoms with Crippen LogP contribution in [0.3, 0.4) is 0 Å². The summed E-state index contributed by atoms with van der Waals surface area (Å²) in [6.07, 6.45) is 9.90. The fourth-order valence-corrected chi connectivity index (χ4v) is 6.96. The van der Waals surface area contributed by atoms with Crippen LogP contribution in [0.15, 0.2) is 29.2 Å². The van der Waals surface area contributed by atoms with Gasteiger partial charge < -0.3 is 5.32 Å². The van der Waals surface area contributed by atoms with Crippen LogP contribution in [0.1, 0.15) is 85.1 Å². The molecule has 180 valence electrons. The van der Waals surface area contributed by atoms with Crippen molar-refractivity contribution in [1.29, 1.82) is 0 Å². The van der Waals surface area contributed by atoms with E-state index in [2.05, 4.69) is 10.4 Å². The quantitative estimate of drug-likeness (QED) is 0.640. The van der Waals surface area contributed by atoms with Gasteiger partial charge >= 0.3 is 0 Å². The Morgan fingerprint density at radius 2 is 1.58 bits per heavy atom. The SMILES string of the molecule is Cc1nn(Cc2ccc(C(=O)NC3CCCCCC3)cc2)c(C)c1S(=O)(=O)N1CCCCC1. The van der Waals surface area contributed by atoms with Crippen molar-refractivity contribution in [2.24, 2.45) is 0 Å². The summed E-state index contributed by atoms with van der Waals surface area (Å²) in [5, 5.41) is 7.73. The molecule has 2 aromatic rings. The lowest BCUT2D eigenvalue weighted by Crippen LogP contribution is -2.36. The number of nitrogens with one attached hydrogen (secondary N) is 1. The molecule has 4 rings (SSSR count). The molecule has 1 aliphatic carbocycles. The Morgan fingerprint density at radius 1 is 0.970 bits per heavy atom. The lowest BCUT2D eigenvalue weighted by Gasteiger charge is -2.26. The van der Waals surface area contributed by atoms with Crippen molar-refractivity contribution in [3.05, 3.63) is 46.8 Å². The Kier molecular flexibility index (Phi) is 7.54. The van der Waals surface area contributed by atoms with Crippen LogP contribution in [-0.2, 0) is 16.6 Å². The number of carbonyl (C=O) groups is 1. The molecule has 1 aromatic heterocycles. The van der Waals surface area contributed by atoms with Gasteiger partial charge in [0.15, 0.2) is 0 Å². The van der Waals surface area contributed by atoms with Crippen molar-refractivity contribution in [2.75, 3.05) is 13.1 Å². The second kappa shape index (κ2) is 10.4. The van der Waals surface area contributed by atoms with Crippen molar-refractivity contribution >= 4 is 15.9 Å². The molecule has 2 fully saturated rings. The maximum absolute atomic E-state index is 13.2. The first kappa shape index (κ1) is 24.0. The predicted octanol–water partition coefficient (Wildman–Crippen LogP) is 4.18. The summed E-state index contributed by atoms with van der Waals surface area (Å²) in [4.78, 5) is 13.0. The second-order valence-corrected chi connectivity index (χ2v) is 11.4. The number of benzene rings is 1. The number of hydrogen-bond donors (Lipinski definition) is 1. The molecule has 1 amide bonds. The van der Waals surface area contributed by atoms with Gasteiger partial charge in [0.25, 0.3) is 5.91 Å².